The van der Waals surface area contributed by atoms with Gasteiger partial charge in [-0.25, -0.2) is 0 Å². The van der Waals surface area contributed by atoms with Gasteiger partial charge in [-0.1, -0.05) is 36.4 Å². The third-order valence-corrected chi connectivity index (χ3v) is 7.06. The Labute approximate surface area is 219 Å². The van der Waals surface area contributed by atoms with Crippen molar-refractivity contribution in [2.24, 2.45) is 0 Å². The minimum Gasteiger partial charge on any atom is -0.433 e. The van der Waals surface area contributed by atoms with Gasteiger partial charge in [0.1, 0.15) is 23.8 Å². The number of hydrogen-bond donors (Lipinski definition) is 3. The maximum Gasteiger partial charge on any atom is 0.310 e. The van der Waals surface area contributed by atoms with E-state index in [0.717, 1.165) is 5.39 Å². The zero-order chi connectivity index (χ0) is 26.6. The summed E-state index contributed by atoms with van der Waals surface area (Å²) in [4.78, 5) is 58.3. The van der Waals surface area contributed by atoms with E-state index in [1.54, 1.807) is 18.0 Å². The highest BCUT2D eigenvalue weighted by Gasteiger charge is 2.44. The molecule has 1 aromatic carbocycles. The molecule has 0 radical (unpaired) electrons. The standard InChI is InChI=1S/C27H31N5O6/c1-2-37-27-20(13-22(33)38-27)31-24(34)21-15-28-14-17-8-4-6-10-19(26(36)32(17)21)30-25(35)23-18-9-5-3-7-16(18)11-12-29-23/h3-7,9,11-12,17,19-21,27-28H,2,8,10,13-15H2,1H3,(H,30,35)(H,31,34)/b6-4-/t17-,19-,20?,21-,27?/m0/s1. The Bertz CT molecular complexity index is 1260. The highest BCUT2D eigenvalue weighted by Crippen LogP contribution is 2.23. The molecule has 1 aromatic heterocycles. The van der Waals surface area contributed by atoms with E-state index in [0.29, 0.717) is 25.0 Å². The van der Waals surface area contributed by atoms with E-state index in [1.807, 2.05) is 42.5 Å². The summed E-state index contributed by atoms with van der Waals surface area (Å²) in [5.41, 5.74) is 0.237. The van der Waals surface area contributed by atoms with Gasteiger partial charge in [-0.15, -0.1) is 0 Å². The van der Waals surface area contributed by atoms with Crippen LogP contribution in [0.5, 0.6) is 0 Å². The Hall–Kier alpha value is -3.83. The number of carbonyl (C=O) groups is 4. The monoisotopic (exact) mass is 521 g/mol. The van der Waals surface area contributed by atoms with E-state index in [-0.39, 0.29) is 37.0 Å². The molecule has 0 spiro atoms. The third kappa shape index (κ3) is 5.25. The van der Waals surface area contributed by atoms with Gasteiger partial charge in [0.25, 0.3) is 5.91 Å². The summed E-state index contributed by atoms with van der Waals surface area (Å²) in [7, 11) is 0. The van der Waals surface area contributed by atoms with Gasteiger partial charge in [-0.05, 0) is 31.2 Å². The molecule has 5 rings (SSSR count). The van der Waals surface area contributed by atoms with Crippen LogP contribution in [0.25, 0.3) is 10.8 Å². The largest absolute Gasteiger partial charge is 0.433 e. The number of piperazine rings is 1. The summed E-state index contributed by atoms with van der Waals surface area (Å²) < 4.78 is 10.6. The number of pyridine rings is 1. The number of aromatic nitrogens is 1. The van der Waals surface area contributed by atoms with Crippen LogP contribution in [-0.2, 0) is 23.9 Å². The van der Waals surface area contributed by atoms with Crippen LogP contribution in [0.4, 0.5) is 0 Å². The zero-order valence-electron chi connectivity index (χ0n) is 21.1. The van der Waals surface area contributed by atoms with E-state index in [1.165, 1.54) is 0 Å². The number of ether oxygens (including phenoxy) is 2. The number of esters is 1. The number of nitrogens with one attached hydrogen (secondary N) is 3. The Morgan fingerprint density at radius 1 is 1.13 bits per heavy atom. The van der Waals surface area contributed by atoms with E-state index < -0.39 is 42.2 Å². The van der Waals surface area contributed by atoms with Gasteiger partial charge in [-0.3, -0.25) is 24.2 Å². The molecular formula is C27H31N5O6. The second kappa shape index (κ2) is 11.3. The van der Waals surface area contributed by atoms with Crippen molar-refractivity contribution in [1.29, 1.82) is 0 Å². The number of amides is 3. The molecule has 3 amide bonds. The van der Waals surface area contributed by atoms with Gasteiger partial charge in [-0.2, -0.15) is 0 Å². The van der Waals surface area contributed by atoms with Gasteiger partial charge in [0.05, 0.1) is 6.42 Å². The van der Waals surface area contributed by atoms with Gasteiger partial charge in [0.2, 0.25) is 18.1 Å². The summed E-state index contributed by atoms with van der Waals surface area (Å²) in [5.74, 6) is -1.66. The number of carbonyl (C=O) groups excluding carboxylic acids is 4. The van der Waals surface area contributed by atoms with Gasteiger partial charge in [0.15, 0.2) is 0 Å². The first kappa shape index (κ1) is 25.8. The molecule has 3 aliphatic rings. The lowest BCUT2D eigenvalue weighted by Gasteiger charge is -2.44. The number of cyclic esters (lactones) is 1. The molecule has 0 aliphatic carbocycles. The lowest BCUT2D eigenvalue weighted by molar-refractivity contribution is -0.165. The van der Waals surface area contributed by atoms with Crippen LogP contribution in [0, 0.1) is 0 Å². The lowest BCUT2D eigenvalue weighted by atomic mass is 9.97. The molecule has 3 N–H and O–H groups in total. The Morgan fingerprint density at radius 2 is 1.95 bits per heavy atom. The van der Waals surface area contributed by atoms with Crippen molar-refractivity contribution in [3.63, 3.8) is 0 Å². The summed E-state index contributed by atoms with van der Waals surface area (Å²) >= 11 is 0. The van der Waals surface area contributed by atoms with E-state index in [4.69, 9.17) is 9.47 Å². The first-order chi connectivity index (χ1) is 18.5. The summed E-state index contributed by atoms with van der Waals surface area (Å²) in [5, 5.41) is 10.5. The van der Waals surface area contributed by atoms with E-state index in [2.05, 4.69) is 20.9 Å². The maximum atomic E-state index is 13.9. The third-order valence-electron chi connectivity index (χ3n) is 7.06. The van der Waals surface area contributed by atoms with Crippen LogP contribution in [0.3, 0.4) is 0 Å². The van der Waals surface area contributed by atoms with Crippen LogP contribution in [0.1, 0.15) is 36.7 Å². The molecule has 2 aromatic rings. The Morgan fingerprint density at radius 3 is 2.79 bits per heavy atom. The van der Waals surface area contributed by atoms with Crippen LogP contribution >= 0.6 is 0 Å². The summed E-state index contributed by atoms with van der Waals surface area (Å²) in [6.07, 6.45) is 5.41. The second-order valence-corrected chi connectivity index (χ2v) is 9.56. The average molecular weight is 522 g/mol. The predicted molar refractivity (Wildman–Crippen MR) is 137 cm³/mol. The van der Waals surface area contributed by atoms with Crippen molar-refractivity contribution in [2.45, 2.75) is 56.6 Å². The summed E-state index contributed by atoms with van der Waals surface area (Å²) in [6, 6.07) is 6.62. The molecule has 5 atom stereocenters. The molecule has 3 aliphatic heterocycles. The highest BCUT2D eigenvalue weighted by atomic mass is 16.7. The molecule has 2 fully saturated rings. The van der Waals surface area contributed by atoms with Crippen molar-refractivity contribution in [2.75, 3.05) is 19.7 Å². The molecule has 0 bridgehead atoms. The summed E-state index contributed by atoms with van der Waals surface area (Å²) in [6.45, 7) is 2.85. The first-order valence-electron chi connectivity index (χ1n) is 12.9. The van der Waals surface area contributed by atoms with Gasteiger partial charge in [0, 0.05) is 37.3 Å². The minimum atomic E-state index is -0.872. The van der Waals surface area contributed by atoms with E-state index in [9.17, 15) is 19.2 Å². The molecule has 38 heavy (non-hydrogen) atoms. The minimum absolute atomic E-state index is 0.00657. The van der Waals surface area contributed by atoms with Crippen LogP contribution in [-0.4, -0.2) is 83.7 Å². The van der Waals surface area contributed by atoms with Crippen molar-refractivity contribution in [3.8, 4) is 0 Å². The van der Waals surface area contributed by atoms with Crippen molar-refractivity contribution in [1.82, 2.24) is 25.8 Å². The van der Waals surface area contributed by atoms with E-state index >= 15 is 0 Å². The fourth-order valence-corrected chi connectivity index (χ4v) is 5.25. The number of fused-ring (bicyclic) bond motifs is 2. The SMILES string of the molecule is CCOC1OC(=O)CC1NC(=O)[C@@H]1CNC[C@@H]2C/C=C\C[C@H](NC(=O)c3nccc4ccccc34)C(=O)N21. The Kier molecular flexibility index (Phi) is 7.66. The maximum absolute atomic E-state index is 13.9. The molecule has 2 unspecified atom stereocenters. The Balaban J connectivity index is 1.36. The fraction of sp³-hybridized carbons (Fsp3) is 0.444. The van der Waals surface area contributed by atoms with Gasteiger partial charge < -0.3 is 30.3 Å². The topological polar surface area (TPSA) is 139 Å². The zero-order valence-corrected chi connectivity index (χ0v) is 21.1. The molecule has 0 saturated carbocycles. The number of hydrogen-bond acceptors (Lipinski definition) is 8. The van der Waals surface area contributed by atoms with Crippen LogP contribution in [0.2, 0.25) is 0 Å². The normalized spacial score (nSPS) is 28.1. The lowest BCUT2D eigenvalue weighted by Crippen LogP contribution is -2.67. The van der Waals surface area contributed by atoms with Crippen molar-refractivity contribution < 1.29 is 28.7 Å². The van der Waals surface area contributed by atoms with Crippen molar-refractivity contribution in [3.05, 3.63) is 54.4 Å². The van der Waals surface area contributed by atoms with Gasteiger partial charge >= 0.3 is 5.97 Å². The highest BCUT2D eigenvalue weighted by molar-refractivity contribution is 6.06. The fourth-order valence-electron chi connectivity index (χ4n) is 5.25. The first-order valence-corrected chi connectivity index (χ1v) is 12.9. The molecule has 4 heterocycles. The quantitative estimate of drug-likeness (QED) is 0.372. The number of benzene rings is 1. The number of nitrogens with zero attached hydrogens (tertiary/aromatic N) is 2. The van der Waals surface area contributed by atoms with Crippen LogP contribution in [0.15, 0.2) is 48.7 Å². The second-order valence-electron chi connectivity index (χ2n) is 9.56. The molecule has 11 nitrogen and oxygen atoms in total. The molecule has 200 valence electrons. The van der Waals surface area contributed by atoms with Crippen LogP contribution < -0.4 is 16.0 Å². The number of rotatable bonds is 6. The molecule has 2 saturated heterocycles. The van der Waals surface area contributed by atoms with Crippen molar-refractivity contribution >= 4 is 34.5 Å². The predicted octanol–water partition coefficient (Wildman–Crippen LogP) is 0.647. The molecule has 11 heteroatoms. The average Bonchev–Trinajstić information content (AvgIpc) is 3.26. The smallest absolute Gasteiger partial charge is 0.310 e. The molecular weight excluding hydrogens is 490 g/mol.